The van der Waals surface area contributed by atoms with Gasteiger partial charge in [-0.1, -0.05) is 6.92 Å². The summed E-state index contributed by atoms with van der Waals surface area (Å²) < 4.78 is 4.92. The molecular weight excluding hydrogens is 328 g/mol. The van der Waals surface area contributed by atoms with Crippen LogP contribution in [0.2, 0.25) is 0 Å². The number of likely N-dealkylation sites (N-methyl/N-ethyl adjacent to an activating group) is 1. The van der Waals surface area contributed by atoms with Crippen LogP contribution in [0.5, 0.6) is 0 Å². The molecule has 0 unspecified atom stereocenters. The standard InChI is InChI=1S/C16H26N4O5/c1-6-16(14(23)25-5)11-10(12(21)20(4)13(11)22)9(18-16)8-19(3)15(24)17-7-2/h9-11,18H,6-8H2,1-5H3,(H,17,24)/t9-,10+,11-,16-/m1/s1. The molecule has 2 rings (SSSR count). The summed E-state index contributed by atoms with van der Waals surface area (Å²) in [7, 11) is 4.29. The van der Waals surface area contributed by atoms with Crippen molar-refractivity contribution in [2.75, 3.05) is 34.3 Å². The highest BCUT2D eigenvalue weighted by Crippen LogP contribution is 2.44. The number of nitrogens with zero attached hydrogens (tertiary/aromatic N) is 2. The van der Waals surface area contributed by atoms with Gasteiger partial charge in [-0.15, -0.1) is 0 Å². The van der Waals surface area contributed by atoms with E-state index in [0.717, 1.165) is 4.90 Å². The van der Waals surface area contributed by atoms with Crippen LogP contribution >= 0.6 is 0 Å². The van der Waals surface area contributed by atoms with Gasteiger partial charge in [-0.25, -0.2) is 4.79 Å². The van der Waals surface area contributed by atoms with Gasteiger partial charge in [-0.2, -0.15) is 0 Å². The van der Waals surface area contributed by atoms with Crippen molar-refractivity contribution in [3.63, 3.8) is 0 Å². The monoisotopic (exact) mass is 354 g/mol. The summed E-state index contributed by atoms with van der Waals surface area (Å²) in [5.41, 5.74) is -1.26. The van der Waals surface area contributed by atoms with Crippen molar-refractivity contribution >= 4 is 23.8 Å². The molecule has 2 saturated heterocycles. The average Bonchev–Trinajstić information content (AvgIpc) is 3.04. The number of carbonyl (C=O) groups excluding carboxylic acids is 4. The number of imide groups is 1. The van der Waals surface area contributed by atoms with E-state index in [9.17, 15) is 19.2 Å². The molecule has 0 bridgehead atoms. The Morgan fingerprint density at radius 1 is 1.32 bits per heavy atom. The fraction of sp³-hybridized carbons (Fsp3) is 0.750. The molecule has 9 heteroatoms. The summed E-state index contributed by atoms with van der Waals surface area (Å²) in [6, 6.07) is -0.795. The molecule has 2 N–H and O–H groups in total. The van der Waals surface area contributed by atoms with Gasteiger partial charge in [0.05, 0.1) is 18.9 Å². The first-order valence-corrected chi connectivity index (χ1v) is 8.41. The third-order valence-electron chi connectivity index (χ3n) is 5.23. The number of amides is 4. The molecule has 140 valence electrons. The van der Waals surface area contributed by atoms with E-state index in [1.807, 2.05) is 6.92 Å². The zero-order valence-corrected chi connectivity index (χ0v) is 15.3. The van der Waals surface area contributed by atoms with Gasteiger partial charge in [0.25, 0.3) is 0 Å². The number of esters is 1. The molecule has 0 radical (unpaired) electrons. The molecular formula is C16H26N4O5. The second kappa shape index (κ2) is 6.99. The molecule has 4 atom stereocenters. The number of urea groups is 1. The van der Waals surface area contributed by atoms with E-state index >= 15 is 0 Å². The van der Waals surface area contributed by atoms with E-state index in [-0.39, 0.29) is 18.5 Å². The van der Waals surface area contributed by atoms with Crippen LogP contribution in [0.25, 0.3) is 0 Å². The van der Waals surface area contributed by atoms with Crippen molar-refractivity contribution in [1.82, 2.24) is 20.4 Å². The van der Waals surface area contributed by atoms with Crippen molar-refractivity contribution < 1.29 is 23.9 Å². The first-order chi connectivity index (χ1) is 11.7. The van der Waals surface area contributed by atoms with E-state index in [0.29, 0.717) is 13.0 Å². The number of nitrogens with one attached hydrogen (secondary N) is 2. The highest BCUT2D eigenvalue weighted by Gasteiger charge is 2.67. The van der Waals surface area contributed by atoms with Crippen LogP contribution in [0.15, 0.2) is 0 Å². The average molecular weight is 354 g/mol. The van der Waals surface area contributed by atoms with Crippen molar-refractivity contribution in [3.8, 4) is 0 Å². The lowest BCUT2D eigenvalue weighted by Gasteiger charge is -2.31. The first kappa shape index (κ1) is 19.2. The molecule has 0 spiro atoms. The van der Waals surface area contributed by atoms with Gasteiger partial charge in [0.15, 0.2) is 0 Å². The van der Waals surface area contributed by atoms with Crippen molar-refractivity contribution in [2.24, 2.45) is 11.8 Å². The number of hydrogen-bond acceptors (Lipinski definition) is 6. The topological polar surface area (TPSA) is 108 Å². The summed E-state index contributed by atoms with van der Waals surface area (Å²) in [6.07, 6.45) is 0.301. The van der Waals surface area contributed by atoms with Crippen molar-refractivity contribution in [2.45, 2.75) is 31.8 Å². The molecule has 25 heavy (non-hydrogen) atoms. The lowest BCUT2D eigenvalue weighted by atomic mass is 9.78. The highest BCUT2D eigenvalue weighted by molar-refractivity contribution is 6.09. The van der Waals surface area contributed by atoms with Gasteiger partial charge in [-0.05, 0) is 13.3 Å². The second-order valence-corrected chi connectivity index (χ2v) is 6.52. The number of fused-ring (bicyclic) bond motifs is 1. The Labute approximate surface area is 147 Å². The number of likely N-dealkylation sites (tertiary alicyclic amines) is 1. The van der Waals surface area contributed by atoms with Gasteiger partial charge in [0.1, 0.15) is 5.54 Å². The third-order valence-corrected chi connectivity index (χ3v) is 5.23. The number of hydrogen-bond donors (Lipinski definition) is 2. The fourth-order valence-corrected chi connectivity index (χ4v) is 3.93. The summed E-state index contributed by atoms with van der Waals surface area (Å²) in [4.78, 5) is 52.2. The Morgan fingerprint density at radius 3 is 2.48 bits per heavy atom. The number of ether oxygens (including phenoxy) is 1. The Balaban J connectivity index is 2.36. The fourth-order valence-electron chi connectivity index (χ4n) is 3.93. The summed E-state index contributed by atoms with van der Waals surface area (Å²) >= 11 is 0. The van der Waals surface area contributed by atoms with Gasteiger partial charge in [0.2, 0.25) is 11.8 Å². The molecule has 2 aliphatic heterocycles. The van der Waals surface area contributed by atoms with Gasteiger partial charge >= 0.3 is 12.0 Å². The van der Waals surface area contributed by atoms with Crippen LogP contribution < -0.4 is 10.6 Å². The number of carbonyl (C=O) groups is 4. The third kappa shape index (κ3) is 2.86. The quantitative estimate of drug-likeness (QED) is 0.493. The second-order valence-electron chi connectivity index (χ2n) is 6.52. The molecule has 4 amide bonds. The number of rotatable bonds is 5. The lowest BCUT2D eigenvalue weighted by Crippen LogP contribution is -2.58. The zero-order chi connectivity index (χ0) is 18.9. The van der Waals surface area contributed by atoms with Crippen molar-refractivity contribution in [3.05, 3.63) is 0 Å². The van der Waals surface area contributed by atoms with Crippen LogP contribution in [-0.2, 0) is 19.1 Å². The lowest BCUT2D eigenvalue weighted by molar-refractivity contribution is -0.154. The van der Waals surface area contributed by atoms with E-state index in [1.54, 1.807) is 14.0 Å². The van der Waals surface area contributed by atoms with Crippen LogP contribution in [0.4, 0.5) is 4.79 Å². The van der Waals surface area contributed by atoms with Gasteiger partial charge in [0, 0.05) is 33.2 Å². The molecule has 2 fully saturated rings. The van der Waals surface area contributed by atoms with Crippen LogP contribution in [-0.4, -0.2) is 79.5 Å². The van der Waals surface area contributed by atoms with Crippen LogP contribution in [0, 0.1) is 11.8 Å². The zero-order valence-electron chi connectivity index (χ0n) is 15.3. The van der Waals surface area contributed by atoms with E-state index < -0.39 is 35.3 Å². The summed E-state index contributed by atoms with van der Waals surface area (Å²) in [5, 5.41) is 5.83. The van der Waals surface area contributed by atoms with Crippen LogP contribution in [0.1, 0.15) is 20.3 Å². The molecule has 0 aliphatic carbocycles. The van der Waals surface area contributed by atoms with Gasteiger partial charge < -0.3 is 15.0 Å². The molecule has 0 aromatic heterocycles. The summed E-state index contributed by atoms with van der Waals surface area (Å²) in [6.45, 7) is 4.25. The first-order valence-electron chi connectivity index (χ1n) is 8.41. The minimum atomic E-state index is -1.26. The normalized spacial score (nSPS) is 31.1. The van der Waals surface area contributed by atoms with E-state index in [1.165, 1.54) is 19.1 Å². The maximum atomic E-state index is 12.6. The molecule has 0 aromatic rings. The molecule has 2 heterocycles. The predicted octanol–water partition coefficient (Wildman–Crippen LogP) is -0.828. The van der Waals surface area contributed by atoms with Crippen molar-refractivity contribution in [1.29, 1.82) is 0 Å². The Bertz CT molecular complexity index is 595. The molecule has 9 nitrogen and oxygen atoms in total. The SMILES string of the molecule is CCNC(=O)N(C)C[C@H]1N[C@@](CC)(C(=O)OC)[C@H]2C(=O)N(C)C(=O)[C@@H]12. The predicted molar refractivity (Wildman–Crippen MR) is 88.4 cm³/mol. The minimum Gasteiger partial charge on any atom is -0.468 e. The molecule has 2 aliphatic rings. The smallest absolute Gasteiger partial charge is 0.326 e. The van der Waals surface area contributed by atoms with E-state index in [2.05, 4.69) is 10.6 Å². The Morgan fingerprint density at radius 2 is 1.96 bits per heavy atom. The minimum absolute atomic E-state index is 0.193. The van der Waals surface area contributed by atoms with E-state index in [4.69, 9.17) is 4.74 Å². The highest BCUT2D eigenvalue weighted by atomic mass is 16.5. The summed E-state index contributed by atoms with van der Waals surface area (Å²) in [5.74, 6) is -2.82. The largest absolute Gasteiger partial charge is 0.468 e. The maximum Gasteiger partial charge on any atom is 0.326 e. The molecule has 0 saturated carbocycles. The Hall–Kier alpha value is -2.16. The Kier molecular flexibility index (Phi) is 5.36. The van der Waals surface area contributed by atoms with Crippen LogP contribution in [0.3, 0.4) is 0 Å². The number of methoxy groups -OCH3 is 1. The maximum absolute atomic E-state index is 12.6. The van der Waals surface area contributed by atoms with Gasteiger partial charge in [-0.3, -0.25) is 24.6 Å². The molecule has 0 aromatic carbocycles.